The lowest BCUT2D eigenvalue weighted by molar-refractivity contribution is 0.217. The number of rotatable bonds is 6. The van der Waals surface area contributed by atoms with E-state index in [4.69, 9.17) is 4.74 Å². The first-order chi connectivity index (χ1) is 13.8. The van der Waals surface area contributed by atoms with Crippen molar-refractivity contribution in [3.63, 3.8) is 0 Å². The lowest BCUT2D eigenvalue weighted by Crippen LogP contribution is -2.46. The van der Waals surface area contributed by atoms with Gasteiger partial charge in [-0.25, -0.2) is 0 Å². The normalized spacial score (nSPS) is 18.5. The molecule has 2 aliphatic heterocycles. The monoisotopic (exact) mass is 371 g/mol. The third-order valence-corrected chi connectivity index (χ3v) is 5.66. The fraction of sp³-hybridized carbons (Fsp3) is 0.292. The molecule has 1 saturated heterocycles. The highest BCUT2D eigenvalue weighted by atomic mass is 16.5. The van der Waals surface area contributed by atoms with Crippen LogP contribution in [0.25, 0.3) is 11.1 Å². The second kappa shape index (κ2) is 7.74. The van der Waals surface area contributed by atoms with E-state index in [1.165, 1.54) is 28.7 Å². The van der Waals surface area contributed by atoms with Crippen molar-refractivity contribution in [2.24, 2.45) is 0 Å². The van der Waals surface area contributed by atoms with Gasteiger partial charge in [-0.15, -0.1) is 0 Å². The maximum absolute atomic E-state index is 5.91. The van der Waals surface area contributed by atoms with Crippen molar-refractivity contribution in [2.75, 3.05) is 13.2 Å². The van der Waals surface area contributed by atoms with E-state index >= 15 is 0 Å². The Hall–Kier alpha value is -2.69. The molecular weight excluding hydrogens is 346 g/mol. The first-order valence-electron chi connectivity index (χ1n) is 10.0. The number of aromatic nitrogens is 1. The molecule has 2 aliphatic rings. The average Bonchev–Trinajstić information content (AvgIpc) is 3.09. The van der Waals surface area contributed by atoms with Crippen molar-refractivity contribution in [2.45, 2.75) is 32.1 Å². The van der Waals surface area contributed by atoms with Crippen molar-refractivity contribution < 1.29 is 4.74 Å². The number of nitrogens with zero attached hydrogens (tertiary/aromatic N) is 2. The van der Waals surface area contributed by atoms with E-state index in [9.17, 15) is 0 Å². The predicted molar refractivity (Wildman–Crippen MR) is 111 cm³/mol. The maximum Gasteiger partial charge on any atom is 0.138 e. The zero-order valence-electron chi connectivity index (χ0n) is 16.0. The summed E-state index contributed by atoms with van der Waals surface area (Å²) in [5, 5.41) is 3.36. The summed E-state index contributed by atoms with van der Waals surface area (Å²) >= 11 is 0. The highest BCUT2D eigenvalue weighted by molar-refractivity contribution is 5.64. The van der Waals surface area contributed by atoms with Gasteiger partial charge in [-0.1, -0.05) is 42.5 Å². The Morgan fingerprint density at radius 2 is 1.79 bits per heavy atom. The van der Waals surface area contributed by atoms with Gasteiger partial charge in [0.25, 0.3) is 0 Å². The highest BCUT2D eigenvalue weighted by Gasteiger charge is 2.18. The van der Waals surface area contributed by atoms with Crippen LogP contribution in [0.1, 0.15) is 23.1 Å². The first kappa shape index (κ1) is 17.4. The lowest BCUT2D eigenvalue weighted by Gasteiger charge is -2.27. The van der Waals surface area contributed by atoms with E-state index in [1.54, 1.807) is 6.20 Å². The molecule has 4 nitrogen and oxygen atoms in total. The highest BCUT2D eigenvalue weighted by Crippen LogP contribution is 2.27. The van der Waals surface area contributed by atoms with E-state index in [-0.39, 0.29) is 0 Å². The molecule has 0 amide bonds. The Balaban J connectivity index is 1.28. The summed E-state index contributed by atoms with van der Waals surface area (Å²) in [7, 11) is 0. The summed E-state index contributed by atoms with van der Waals surface area (Å²) in [4.78, 5) is 6.88. The summed E-state index contributed by atoms with van der Waals surface area (Å²) < 4.78 is 5.91. The molecule has 1 aromatic heterocycles. The quantitative estimate of drug-likeness (QED) is 0.711. The predicted octanol–water partition coefficient (Wildman–Crippen LogP) is 4.01. The lowest BCUT2D eigenvalue weighted by atomic mass is 10.0. The SMILES string of the molecule is c1cc(CN2Cc3ccccc3C2)cc(-c2cncc(OC[C@@H]3CCN3)c2)c1. The van der Waals surface area contributed by atoms with Crippen LogP contribution >= 0.6 is 0 Å². The minimum absolute atomic E-state index is 0.483. The van der Waals surface area contributed by atoms with Crippen molar-refractivity contribution in [3.8, 4) is 16.9 Å². The van der Waals surface area contributed by atoms with E-state index in [1.807, 2.05) is 6.20 Å². The van der Waals surface area contributed by atoms with E-state index in [0.29, 0.717) is 12.6 Å². The molecule has 4 heteroatoms. The van der Waals surface area contributed by atoms with Crippen molar-refractivity contribution in [3.05, 3.63) is 83.7 Å². The number of ether oxygens (including phenoxy) is 1. The zero-order valence-corrected chi connectivity index (χ0v) is 16.0. The van der Waals surface area contributed by atoms with E-state index < -0.39 is 0 Å². The summed E-state index contributed by atoms with van der Waals surface area (Å²) in [6.07, 6.45) is 4.91. The average molecular weight is 371 g/mol. The molecule has 0 bridgehead atoms. The number of pyridine rings is 1. The Kier molecular flexibility index (Phi) is 4.81. The van der Waals surface area contributed by atoms with Crippen LogP contribution in [0.4, 0.5) is 0 Å². The van der Waals surface area contributed by atoms with Crippen LogP contribution in [0, 0.1) is 0 Å². The van der Waals surface area contributed by atoms with Gasteiger partial charge < -0.3 is 10.1 Å². The Morgan fingerprint density at radius 3 is 2.54 bits per heavy atom. The van der Waals surface area contributed by atoms with Gasteiger partial charge in [-0.05, 0) is 47.4 Å². The number of nitrogens with one attached hydrogen (secondary N) is 1. The fourth-order valence-corrected chi connectivity index (χ4v) is 3.97. The number of fused-ring (bicyclic) bond motifs is 1. The van der Waals surface area contributed by atoms with Crippen LogP contribution in [-0.4, -0.2) is 29.1 Å². The van der Waals surface area contributed by atoms with Crippen molar-refractivity contribution in [1.82, 2.24) is 15.2 Å². The standard InChI is InChI=1S/C24H25N3O/c1-2-6-21-16-27(15-20(21)5-1)14-18-4-3-7-19(10-18)22-11-24(13-25-12-22)28-17-23-8-9-26-23/h1-7,10-13,23,26H,8-9,14-17H2/t23-/m0/s1. The van der Waals surface area contributed by atoms with Crippen molar-refractivity contribution >= 4 is 0 Å². The van der Waals surface area contributed by atoms with E-state index in [2.05, 4.69) is 69.8 Å². The van der Waals surface area contributed by atoms with Crippen LogP contribution in [0.3, 0.4) is 0 Å². The molecule has 142 valence electrons. The van der Waals surface area contributed by atoms with Crippen LogP contribution in [0.5, 0.6) is 5.75 Å². The summed E-state index contributed by atoms with van der Waals surface area (Å²) in [5.74, 6) is 0.839. The van der Waals surface area contributed by atoms with E-state index in [0.717, 1.165) is 37.5 Å². The molecular formula is C24H25N3O. The molecule has 0 aliphatic carbocycles. The Morgan fingerprint density at radius 1 is 0.964 bits per heavy atom. The second-order valence-electron chi connectivity index (χ2n) is 7.77. The van der Waals surface area contributed by atoms with Gasteiger partial charge in [-0.3, -0.25) is 9.88 Å². The van der Waals surface area contributed by atoms with Crippen LogP contribution in [-0.2, 0) is 19.6 Å². The fourth-order valence-electron chi connectivity index (χ4n) is 3.97. The molecule has 2 aromatic carbocycles. The molecule has 28 heavy (non-hydrogen) atoms. The smallest absolute Gasteiger partial charge is 0.138 e. The minimum Gasteiger partial charge on any atom is -0.490 e. The van der Waals surface area contributed by atoms with Crippen LogP contribution in [0.2, 0.25) is 0 Å². The first-order valence-corrected chi connectivity index (χ1v) is 10.0. The summed E-state index contributed by atoms with van der Waals surface area (Å²) in [5.41, 5.74) is 6.53. The van der Waals surface area contributed by atoms with Crippen molar-refractivity contribution in [1.29, 1.82) is 0 Å². The summed E-state index contributed by atoms with van der Waals surface area (Å²) in [6, 6.07) is 20.1. The topological polar surface area (TPSA) is 37.4 Å². The Labute approximate surface area is 166 Å². The van der Waals surface area contributed by atoms with Crippen LogP contribution < -0.4 is 10.1 Å². The number of hydrogen-bond donors (Lipinski definition) is 1. The number of hydrogen-bond acceptors (Lipinski definition) is 4. The largest absolute Gasteiger partial charge is 0.490 e. The molecule has 0 unspecified atom stereocenters. The molecule has 0 saturated carbocycles. The molecule has 1 fully saturated rings. The Bertz CT molecular complexity index is 942. The van der Waals surface area contributed by atoms with Gasteiger partial charge in [0.05, 0.1) is 6.20 Å². The molecule has 1 atom stereocenters. The van der Waals surface area contributed by atoms with Crippen LogP contribution in [0.15, 0.2) is 67.0 Å². The molecule has 3 heterocycles. The molecule has 3 aromatic rings. The van der Waals surface area contributed by atoms with Gasteiger partial charge in [0, 0.05) is 37.4 Å². The second-order valence-corrected chi connectivity index (χ2v) is 7.77. The molecule has 0 spiro atoms. The summed E-state index contributed by atoms with van der Waals surface area (Å²) in [6.45, 7) is 4.82. The van der Waals surface area contributed by atoms with Gasteiger partial charge >= 0.3 is 0 Å². The zero-order chi connectivity index (χ0) is 18.8. The third-order valence-electron chi connectivity index (χ3n) is 5.66. The molecule has 0 radical (unpaired) electrons. The minimum atomic E-state index is 0.483. The maximum atomic E-state index is 5.91. The van der Waals surface area contributed by atoms with Gasteiger partial charge in [0.1, 0.15) is 12.4 Å². The number of benzene rings is 2. The van der Waals surface area contributed by atoms with Gasteiger partial charge in [0.2, 0.25) is 0 Å². The van der Waals surface area contributed by atoms with Gasteiger partial charge in [-0.2, -0.15) is 0 Å². The molecule has 5 rings (SSSR count). The molecule has 1 N–H and O–H groups in total. The van der Waals surface area contributed by atoms with Gasteiger partial charge in [0.15, 0.2) is 0 Å². The third kappa shape index (κ3) is 3.79.